The fourth-order valence-corrected chi connectivity index (χ4v) is 4.30. The number of hydrogen-bond acceptors (Lipinski definition) is 5. The van der Waals surface area contributed by atoms with Crippen LogP contribution in [0.3, 0.4) is 0 Å². The fraction of sp³-hybridized carbons (Fsp3) is 0.278. The van der Waals surface area contributed by atoms with Crippen LogP contribution in [0.4, 0.5) is 5.69 Å². The molecule has 1 N–H and O–H groups in total. The predicted molar refractivity (Wildman–Crippen MR) is 99.6 cm³/mol. The number of rotatable bonds is 4. The topological polar surface area (TPSA) is 99.7 Å². The van der Waals surface area contributed by atoms with Crippen molar-refractivity contribution in [2.24, 2.45) is 0 Å². The minimum Gasteiger partial charge on any atom is -0.340 e. The number of hydrogen-bond donors (Lipinski definition) is 1. The van der Waals surface area contributed by atoms with E-state index in [-0.39, 0.29) is 29.5 Å². The number of sulfonamides is 1. The Morgan fingerprint density at radius 2 is 1.70 bits per heavy atom. The summed E-state index contributed by atoms with van der Waals surface area (Å²) in [4.78, 5) is 29.4. The zero-order valence-electron chi connectivity index (χ0n) is 14.8. The standard InChI is InChI=1S/C18H20N4O4S/c1-14(23)21-9-11-22(12-10-21)27(25,26)17-4-2-3-15(13-17)18(24)20-16-5-7-19-8-6-16/h2-8,13H,9-12H2,1H3,(H,19,20,24). The number of amides is 2. The average Bonchev–Trinajstić information content (AvgIpc) is 2.69. The summed E-state index contributed by atoms with van der Waals surface area (Å²) in [6, 6.07) is 9.22. The quantitative estimate of drug-likeness (QED) is 0.848. The van der Waals surface area contributed by atoms with Gasteiger partial charge in [-0.2, -0.15) is 4.31 Å². The van der Waals surface area contributed by atoms with Gasteiger partial charge in [0.1, 0.15) is 0 Å². The van der Waals surface area contributed by atoms with Crippen LogP contribution in [-0.2, 0) is 14.8 Å². The number of carbonyl (C=O) groups is 2. The Bertz CT molecular complexity index is 939. The van der Waals surface area contributed by atoms with Gasteiger partial charge in [-0.3, -0.25) is 14.6 Å². The van der Waals surface area contributed by atoms with Gasteiger partial charge in [-0.1, -0.05) is 6.07 Å². The largest absolute Gasteiger partial charge is 0.340 e. The lowest BCUT2D eigenvalue weighted by atomic mass is 10.2. The van der Waals surface area contributed by atoms with E-state index in [0.29, 0.717) is 18.8 Å². The molecule has 0 unspecified atom stereocenters. The monoisotopic (exact) mass is 388 g/mol. The number of benzene rings is 1. The highest BCUT2D eigenvalue weighted by Gasteiger charge is 2.29. The van der Waals surface area contributed by atoms with Gasteiger partial charge in [0.05, 0.1) is 4.90 Å². The van der Waals surface area contributed by atoms with Crippen LogP contribution in [0, 0.1) is 0 Å². The second kappa shape index (κ2) is 7.85. The molecule has 0 spiro atoms. The van der Waals surface area contributed by atoms with Gasteiger partial charge in [-0.05, 0) is 30.3 Å². The molecule has 1 fully saturated rings. The first-order chi connectivity index (χ1) is 12.9. The molecular weight excluding hydrogens is 368 g/mol. The van der Waals surface area contributed by atoms with Crippen LogP contribution in [0.15, 0.2) is 53.7 Å². The molecule has 0 bridgehead atoms. The average molecular weight is 388 g/mol. The molecule has 0 radical (unpaired) electrons. The Hall–Kier alpha value is -2.78. The summed E-state index contributed by atoms with van der Waals surface area (Å²) < 4.78 is 27.1. The molecule has 1 aliphatic heterocycles. The zero-order valence-corrected chi connectivity index (χ0v) is 15.6. The highest BCUT2D eigenvalue weighted by Crippen LogP contribution is 2.19. The van der Waals surface area contributed by atoms with Crippen LogP contribution in [0.1, 0.15) is 17.3 Å². The second-order valence-electron chi connectivity index (χ2n) is 6.13. The van der Waals surface area contributed by atoms with Crippen molar-refractivity contribution in [1.29, 1.82) is 0 Å². The molecule has 8 nitrogen and oxygen atoms in total. The zero-order chi connectivity index (χ0) is 19.4. The summed E-state index contributed by atoms with van der Waals surface area (Å²) in [5, 5.41) is 2.70. The first kappa shape index (κ1) is 19.0. The molecular formula is C18H20N4O4S. The first-order valence-electron chi connectivity index (χ1n) is 8.45. The molecule has 2 aromatic rings. The van der Waals surface area contributed by atoms with Crippen molar-refractivity contribution in [2.45, 2.75) is 11.8 Å². The van der Waals surface area contributed by atoms with E-state index in [1.54, 1.807) is 41.6 Å². The molecule has 1 aliphatic rings. The molecule has 1 aromatic carbocycles. The summed E-state index contributed by atoms with van der Waals surface area (Å²) in [7, 11) is -3.73. The number of aromatic nitrogens is 1. The molecule has 0 saturated carbocycles. The third-order valence-corrected chi connectivity index (χ3v) is 6.25. The van der Waals surface area contributed by atoms with Gasteiger partial charge in [0.2, 0.25) is 15.9 Å². The molecule has 1 aromatic heterocycles. The second-order valence-corrected chi connectivity index (χ2v) is 8.07. The molecule has 2 heterocycles. The Labute approximate surface area is 157 Å². The van der Waals surface area contributed by atoms with Crippen molar-refractivity contribution in [3.63, 3.8) is 0 Å². The van der Waals surface area contributed by atoms with Crippen LogP contribution in [0.5, 0.6) is 0 Å². The summed E-state index contributed by atoms with van der Waals surface area (Å²) >= 11 is 0. The first-order valence-corrected chi connectivity index (χ1v) is 9.89. The number of piperazine rings is 1. The van der Waals surface area contributed by atoms with Gasteiger partial charge >= 0.3 is 0 Å². The molecule has 2 amide bonds. The van der Waals surface area contributed by atoms with Crippen LogP contribution < -0.4 is 5.32 Å². The molecule has 142 valence electrons. The molecule has 0 aliphatic carbocycles. The number of anilines is 1. The van der Waals surface area contributed by atoms with E-state index in [0.717, 1.165) is 0 Å². The van der Waals surface area contributed by atoms with Gasteiger partial charge in [0.15, 0.2) is 0 Å². The fourth-order valence-electron chi connectivity index (χ4n) is 2.83. The van der Waals surface area contributed by atoms with Crippen molar-refractivity contribution >= 4 is 27.5 Å². The van der Waals surface area contributed by atoms with Crippen LogP contribution in [-0.4, -0.2) is 60.6 Å². The molecule has 3 rings (SSSR count). The summed E-state index contributed by atoms with van der Waals surface area (Å²) in [5.74, 6) is -0.471. The van der Waals surface area contributed by atoms with Gasteiger partial charge in [0, 0.05) is 56.7 Å². The minimum atomic E-state index is -3.73. The highest BCUT2D eigenvalue weighted by atomic mass is 32.2. The van der Waals surface area contributed by atoms with E-state index < -0.39 is 15.9 Å². The number of nitrogens with zero attached hydrogens (tertiary/aromatic N) is 3. The van der Waals surface area contributed by atoms with Gasteiger partial charge in [-0.25, -0.2) is 8.42 Å². The third-order valence-electron chi connectivity index (χ3n) is 4.36. The van der Waals surface area contributed by atoms with Gasteiger partial charge < -0.3 is 10.2 Å². The molecule has 0 atom stereocenters. The van der Waals surface area contributed by atoms with E-state index in [9.17, 15) is 18.0 Å². The third kappa shape index (κ3) is 4.32. The van der Waals surface area contributed by atoms with Crippen molar-refractivity contribution in [3.8, 4) is 0 Å². The van der Waals surface area contributed by atoms with E-state index >= 15 is 0 Å². The van der Waals surface area contributed by atoms with Gasteiger partial charge in [-0.15, -0.1) is 0 Å². The smallest absolute Gasteiger partial charge is 0.255 e. The van der Waals surface area contributed by atoms with Crippen LogP contribution in [0.25, 0.3) is 0 Å². The molecule has 1 saturated heterocycles. The van der Waals surface area contributed by atoms with E-state index in [4.69, 9.17) is 0 Å². The lowest BCUT2D eigenvalue weighted by Gasteiger charge is -2.33. The summed E-state index contributed by atoms with van der Waals surface area (Å²) in [6.45, 7) is 2.65. The lowest BCUT2D eigenvalue weighted by molar-refractivity contribution is -0.129. The number of pyridine rings is 1. The number of carbonyl (C=O) groups excluding carboxylic acids is 2. The van der Waals surface area contributed by atoms with Crippen molar-refractivity contribution in [1.82, 2.24) is 14.2 Å². The maximum absolute atomic E-state index is 12.9. The summed E-state index contributed by atoms with van der Waals surface area (Å²) in [5.41, 5.74) is 0.818. The maximum atomic E-state index is 12.9. The van der Waals surface area contributed by atoms with E-state index in [2.05, 4.69) is 10.3 Å². The van der Waals surface area contributed by atoms with E-state index in [1.807, 2.05) is 0 Å². The van der Waals surface area contributed by atoms with E-state index in [1.165, 1.54) is 23.4 Å². The minimum absolute atomic E-state index is 0.0566. The van der Waals surface area contributed by atoms with Crippen molar-refractivity contribution < 1.29 is 18.0 Å². The Morgan fingerprint density at radius 1 is 1.04 bits per heavy atom. The SMILES string of the molecule is CC(=O)N1CCN(S(=O)(=O)c2cccc(C(=O)Nc3ccncc3)c2)CC1. The Morgan fingerprint density at radius 3 is 2.33 bits per heavy atom. The van der Waals surface area contributed by atoms with Crippen molar-refractivity contribution in [3.05, 3.63) is 54.4 Å². The normalized spacial score (nSPS) is 15.4. The number of nitrogens with one attached hydrogen (secondary N) is 1. The summed E-state index contributed by atoms with van der Waals surface area (Å²) in [6.07, 6.45) is 3.11. The molecule has 27 heavy (non-hydrogen) atoms. The maximum Gasteiger partial charge on any atom is 0.255 e. The van der Waals surface area contributed by atoms with Crippen LogP contribution in [0.2, 0.25) is 0 Å². The highest BCUT2D eigenvalue weighted by molar-refractivity contribution is 7.89. The van der Waals surface area contributed by atoms with Crippen LogP contribution >= 0.6 is 0 Å². The molecule has 9 heteroatoms. The van der Waals surface area contributed by atoms with Gasteiger partial charge in [0.25, 0.3) is 5.91 Å². The Kier molecular flexibility index (Phi) is 5.52. The predicted octanol–water partition coefficient (Wildman–Crippen LogP) is 1.19. The van der Waals surface area contributed by atoms with Crippen molar-refractivity contribution in [2.75, 3.05) is 31.5 Å². The lowest BCUT2D eigenvalue weighted by Crippen LogP contribution is -2.49. The Balaban J connectivity index is 1.76.